The molecular formula is C32H34BN7O3. The first kappa shape index (κ1) is 29.8. The van der Waals surface area contributed by atoms with Crippen LogP contribution in [0, 0.1) is 11.3 Å². The molecular weight excluding hydrogens is 541 g/mol. The number of aromatic nitrogens is 3. The topological polar surface area (TPSA) is 134 Å². The van der Waals surface area contributed by atoms with Crippen molar-refractivity contribution in [1.82, 2.24) is 25.4 Å². The number of aryl methyl sites for hydroxylation is 2. The number of benzene rings is 2. The molecule has 11 heteroatoms. The van der Waals surface area contributed by atoms with Gasteiger partial charge in [-0.15, -0.1) is 0 Å². The number of hydrogen-bond donors (Lipinski definition) is 3. The van der Waals surface area contributed by atoms with E-state index < -0.39 is 0 Å². The van der Waals surface area contributed by atoms with Gasteiger partial charge in [-0.2, -0.15) is 10.4 Å². The SMILES string of the molecule is [B]c1cc(CNC(=O)c2cccc(C(=O)NCc3c(CC)nc4c(cnn4CC)c3NC3CCOCC3)c2)ccc1C#N. The Morgan fingerprint density at radius 3 is 2.44 bits per heavy atom. The van der Waals surface area contributed by atoms with Crippen LogP contribution < -0.4 is 21.4 Å². The van der Waals surface area contributed by atoms with Gasteiger partial charge >= 0.3 is 0 Å². The molecule has 43 heavy (non-hydrogen) atoms. The predicted octanol–water partition coefficient (Wildman–Crippen LogP) is 3.13. The Kier molecular flexibility index (Phi) is 9.37. The van der Waals surface area contributed by atoms with Crippen LogP contribution in [-0.2, 0) is 30.8 Å². The van der Waals surface area contributed by atoms with E-state index in [0.29, 0.717) is 48.3 Å². The Balaban J connectivity index is 1.32. The maximum Gasteiger partial charge on any atom is 0.251 e. The zero-order valence-corrected chi connectivity index (χ0v) is 24.4. The molecule has 0 spiro atoms. The van der Waals surface area contributed by atoms with E-state index in [9.17, 15) is 9.59 Å². The molecule has 1 saturated heterocycles. The quantitative estimate of drug-likeness (QED) is 0.248. The number of anilines is 1. The predicted molar refractivity (Wildman–Crippen MR) is 165 cm³/mol. The van der Waals surface area contributed by atoms with Gasteiger partial charge in [-0.25, -0.2) is 9.67 Å². The number of pyridine rings is 1. The maximum atomic E-state index is 13.3. The monoisotopic (exact) mass is 575 g/mol. The van der Waals surface area contributed by atoms with Gasteiger partial charge in [-0.05, 0) is 56.0 Å². The summed E-state index contributed by atoms with van der Waals surface area (Å²) in [6, 6.07) is 13.9. The number of nitrogens with one attached hydrogen (secondary N) is 3. The number of ether oxygens (including phenoxy) is 1. The van der Waals surface area contributed by atoms with E-state index >= 15 is 0 Å². The van der Waals surface area contributed by atoms with Gasteiger partial charge in [0.15, 0.2) is 5.65 Å². The first-order chi connectivity index (χ1) is 20.9. The lowest BCUT2D eigenvalue weighted by atomic mass is 9.89. The van der Waals surface area contributed by atoms with E-state index in [2.05, 4.69) is 28.0 Å². The van der Waals surface area contributed by atoms with Crippen LogP contribution in [0.3, 0.4) is 0 Å². The molecule has 0 unspecified atom stereocenters. The highest BCUT2D eigenvalue weighted by Gasteiger charge is 2.22. The van der Waals surface area contributed by atoms with Crippen LogP contribution in [0.1, 0.15) is 69.8 Å². The molecule has 0 bridgehead atoms. The number of nitriles is 1. The Morgan fingerprint density at radius 2 is 1.79 bits per heavy atom. The second-order valence-corrected chi connectivity index (χ2v) is 10.5. The van der Waals surface area contributed by atoms with Gasteiger partial charge in [0.2, 0.25) is 0 Å². The first-order valence-corrected chi connectivity index (χ1v) is 14.6. The normalized spacial score (nSPS) is 13.4. The summed E-state index contributed by atoms with van der Waals surface area (Å²) in [5.74, 6) is -0.616. The maximum absolute atomic E-state index is 13.3. The van der Waals surface area contributed by atoms with Crippen molar-refractivity contribution >= 4 is 41.8 Å². The smallest absolute Gasteiger partial charge is 0.251 e. The molecule has 5 rings (SSSR count). The van der Waals surface area contributed by atoms with Crippen molar-refractivity contribution in [2.75, 3.05) is 18.5 Å². The lowest BCUT2D eigenvalue weighted by molar-refractivity contribution is 0.0904. The molecule has 2 aromatic carbocycles. The van der Waals surface area contributed by atoms with Gasteiger partial charge in [-0.3, -0.25) is 9.59 Å². The Hall–Kier alpha value is -4.69. The second-order valence-electron chi connectivity index (χ2n) is 10.5. The summed E-state index contributed by atoms with van der Waals surface area (Å²) in [6.45, 7) is 6.71. The lowest BCUT2D eigenvalue weighted by Gasteiger charge is -2.26. The summed E-state index contributed by atoms with van der Waals surface area (Å²) in [7, 11) is 5.89. The van der Waals surface area contributed by atoms with Gasteiger partial charge in [0.1, 0.15) is 7.85 Å². The van der Waals surface area contributed by atoms with E-state index in [1.165, 1.54) is 0 Å². The third-order valence-corrected chi connectivity index (χ3v) is 7.68. The molecule has 0 saturated carbocycles. The van der Waals surface area contributed by atoms with Crippen LogP contribution in [0.5, 0.6) is 0 Å². The molecule has 218 valence electrons. The Labute approximate surface area is 252 Å². The minimum Gasteiger partial charge on any atom is -0.381 e. The highest BCUT2D eigenvalue weighted by molar-refractivity contribution is 6.33. The molecule has 3 heterocycles. The van der Waals surface area contributed by atoms with E-state index in [4.69, 9.17) is 22.8 Å². The summed E-state index contributed by atoms with van der Waals surface area (Å²) in [6.07, 6.45) is 4.32. The summed E-state index contributed by atoms with van der Waals surface area (Å²) < 4.78 is 7.44. The van der Waals surface area contributed by atoms with Gasteiger partial charge in [0, 0.05) is 66.8 Å². The van der Waals surface area contributed by atoms with Crippen LogP contribution in [0.2, 0.25) is 0 Å². The second kappa shape index (κ2) is 13.5. The van der Waals surface area contributed by atoms with Crippen LogP contribution in [0.15, 0.2) is 48.7 Å². The van der Waals surface area contributed by atoms with Gasteiger partial charge in [0.25, 0.3) is 11.8 Å². The fraction of sp³-hybridized carbons (Fsp3) is 0.344. The van der Waals surface area contributed by atoms with Gasteiger partial charge in [0.05, 0.1) is 23.3 Å². The highest BCUT2D eigenvalue weighted by atomic mass is 16.5. The van der Waals surface area contributed by atoms with E-state index in [1.807, 2.05) is 23.9 Å². The minimum absolute atomic E-state index is 0.234. The number of nitrogens with zero attached hydrogens (tertiary/aromatic N) is 4. The molecule has 4 aromatic rings. The molecule has 3 N–H and O–H groups in total. The molecule has 10 nitrogen and oxygen atoms in total. The molecule has 2 radical (unpaired) electrons. The molecule has 0 atom stereocenters. The van der Waals surface area contributed by atoms with Crippen molar-refractivity contribution in [2.24, 2.45) is 0 Å². The Bertz CT molecular complexity index is 1690. The van der Waals surface area contributed by atoms with Crippen LogP contribution in [0.4, 0.5) is 5.69 Å². The van der Waals surface area contributed by atoms with Gasteiger partial charge in [-0.1, -0.05) is 30.6 Å². The zero-order valence-electron chi connectivity index (χ0n) is 24.4. The van der Waals surface area contributed by atoms with Crippen molar-refractivity contribution in [3.8, 4) is 6.07 Å². The molecule has 1 fully saturated rings. The molecule has 1 aliphatic rings. The van der Waals surface area contributed by atoms with Crippen molar-refractivity contribution in [1.29, 1.82) is 5.26 Å². The van der Waals surface area contributed by atoms with Crippen LogP contribution in [0.25, 0.3) is 11.0 Å². The first-order valence-electron chi connectivity index (χ1n) is 14.6. The number of rotatable bonds is 10. The summed E-state index contributed by atoms with van der Waals surface area (Å²) in [4.78, 5) is 31.2. The summed E-state index contributed by atoms with van der Waals surface area (Å²) in [5, 5.41) is 24.2. The van der Waals surface area contributed by atoms with E-state index in [0.717, 1.165) is 46.4 Å². The number of amides is 2. The third kappa shape index (κ3) is 6.70. The van der Waals surface area contributed by atoms with Crippen molar-refractivity contribution in [3.63, 3.8) is 0 Å². The van der Waals surface area contributed by atoms with Crippen LogP contribution in [-0.4, -0.2) is 53.7 Å². The molecule has 2 amide bonds. The number of carbonyl (C=O) groups excluding carboxylic acids is 2. The fourth-order valence-electron chi connectivity index (χ4n) is 5.28. The minimum atomic E-state index is -0.323. The number of hydrogen-bond acceptors (Lipinski definition) is 7. The van der Waals surface area contributed by atoms with E-state index in [-0.39, 0.29) is 30.9 Å². The zero-order chi connectivity index (χ0) is 30.3. The highest BCUT2D eigenvalue weighted by Crippen LogP contribution is 2.31. The molecule has 2 aromatic heterocycles. The molecule has 0 aliphatic carbocycles. The Morgan fingerprint density at radius 1 is 1.07 bits per heavy atom. The van der Waals surface area contributed by atoms with Crippen molar-refractivity contribution in [3.05, 3.63) is 82.2 Å². The average molecular weight is 575 g/mol. The lowest BCUT2D eigenvalue weighted by Crippen LogP contribution is -2.30. The van der Waals surface area contributed by atoms with Crippen molar-refractivity contribution in [2.45, 2.75) is 58.8 Å². The summed E-state index contributed by atoms with van der Waals surface area (Å²) in [5.41, 5.74) is 5.86. The van der Waals surface area contributed by atoms with Crippen molar-refractivity contribution < 1.29 is 14.3 Å². The molecule has 1 aliphatic heterocycles. The number of fused-ring (bicyclic) bond motifs is 1. The number of carbonyl (C=O) groups is 2. The fourth-order valence-corrected chi connectivity index (χ4v) is 5.28. The average Bonchev–Trinajstić information content (AvgIpc) is 3.46. The standard InChI is InChI=1S/C32H34BN7O3/c1-3-28-25(29(38-24-10-12-43-13-11-24)26-19-37-40(4-2)30(26)39-28)18-36-32(42)22-7-5-6-21(15-22)31(41)35-17-20-8-9-23(16-34)27(33)14-20/h5-9,14-15,19,24H,3-4,10-13,17-18H2,1-2H3,(H,35,41)(H,36,42)(H,38,39). The third-order valence-electron chi connectivity index (χ3n) is 7.68. The summed E-state index contributed by atoms with van der Waals surface area (Å²) >= 11 is 0. The largest absolute Gasteiger partial charge is 0.381 e. The van der Waals surface area contributed by atoms with Crippen LogP contribution >= 0.6 is 0 Å². The van der Waals surface area contributed by atoms with E-state index in [1.54, 1.807) is 42.5 Å². The van der Waals surface area contributed by atoms with Gasteiger partial charge < -0.3 is 20.7 Å².